The monoisotopic (exact) mass is 648 g/mol. The lowest BCUT2D eigenvalue weighted by atomic mass is 9.95. The van der Waals surface area contributed by atoms with Crippen LogP contribution in [0.4, 0.5) is 17.5 Å². The van der Waals surface area contributed by atoms with Gasteiger partial charge in [0.2, 0.25) is 11.9 Å². The second-order valence-corrected chi connectivity index (χ2v) is 12.9. The molecule has 0 spiro atoms. The predicted molar refractivity (Wildman–Crippen MR) is 185 cm³/mol. The van der Waals surface area contributed by atoms with E-state index in [0.29, 0.717) is 55.5 Å². The molecule has 7 rings (SSSR count). The first-order valence-electron chi connectivity index (χ1n) is 15.9. The molecule has 2 aromatic carbocycles. The number of carbonyl (C=O) groups excluding carboxylic acids is 2. The van der Waals surface area contributed by atoms with Gasteiger partial charge < -0.3 is 25.6 Å². The summed E-state index contributed by atoms with van der Waals surface area (Å²) in [5.41, 5.74) is 13.6. The van der Waals surface area contributed by atoms with Crippen molar-refractivity contribution >= 4 is 50.8 Å². The number of aryl methyl sites for hydroxylation is 2. The lowest BCUT2D eigenvalue weighted by molar-refractivity contribution is -0.116. The van der Waals surface area contributed by atoms with Crippen LogP contribution in [0.3, 0.4) is 0 Å². The highest BCUT2D eigenvalue weighted by atomic mass is 32.1. The van der Waals surface area contributed by atoms with E-state index in [1.807, 2.05) is 11.8 Å². The first-order valence-corrected chi connectivity index (χ1v) is 16.7. The molecule has 2 aliphatic rings. The van der Waals surface area contributed by atoms with Crippen LogP contribution in [0.1, 0.15) is 39.7 Å². The fourth-order valence-corrected chi connectivity index (χ4v) is 7.41. The van der Waals surface area contributed by atoms with Crippen LogP contribution in [0.25, 0.3) is 32.7 Å². The van der Waals surface area contributed by atoms with Gasteiger partial charge in [-0.15, -0.1) is 11.3 Å². The van der Waals surface area contributed by atoms with E-state index in [1.165, 1.54) is 16.9 Å². The van der Waals surface area contributed by atoms with E-state index in [4.69, 9.17) is 20.4 Å². The molecule has 2 aliphatic heterocycles. The molecule has 1 fully saturated rings. The summed E-state index contributed by atoms with van der Waals surface area (Å²) in [5, 5.41) is 3.12. The molecule has 1 saturated heterocycles. The number of benzene rings is 2. The van der Waals surface area contributed by atoms with Gasteiger partial charge in [-0.3, -0.25) is 9.59 Å². The molecule has 11 nitrogen and oxygen atoms in total. The number of aromatic nitrogens is 4. The summed E-state index contributed by atoms with van der Waals surface area (Å²) in [6.07, 6.45) is 5.89. The van der Waals surface area contributed by atoms with Gasteiger partial charge in [-0.1, -0.05) is 30.3 Å². The molecule has 0 bridgehead atoms. The second kappa shape index (κ2) is 13.0. The number of anilines is 3. The van der Waals surface area contributed by atoms with Crippen LogP contribution in [0.15, 0.2) is 54.9 Å². The maximum Gasteiger partial charge on any atom is 0.261 e. The van der Waals surface area contributed by atoms with Crippen LogP contribution in [0.5, 0.6) is 0 Å². The minimum absolute atomic E-state index is 0.0862. The molecule has 47 heavy (non-hydrogen) atoms. The van der Waals surface area contributed by atoms with E-state index in [1.54, 1.807) is 19.3 Å². The van der Waals surface area contributed by atoms with Crippen LogP contribution in [0.2, 0.25) is 0 Å². The minimum Gasteiger partial charge on any atom is -0.378 e. The quantitative estimate of drug-likeness (QED) is 0.254. The van der Waals surface area contributed by atoms with Gasteiger partial charge in [0, 0.05) is 51.2 Å². The Morgan fingerprint density at radius 2 is 1.72 bits per heavy atom. The number of nitrogens with one attached hydrogen (secondary N) is 1. The van der Waals surface area contributed by atoms with Gasteiger partial charge in [-0.05, 0) is 66.1 Å². The highest BCUT2D eigenvalue weighted by Crippen LogP contribution is 2.37. The van der Waals surface area contributed by atoms with Crippen LogP contribution < -0.4 is 20.9 Å². The summed E-state index contributed by atoms with van der Waals surface area (Å²) < 4.78 is 6.45. The molecule has 0 saturated carbocycles. The third-order valence-electron chi connectivity index (χ3n) is 8.76. The fraction of sp³-hybridized carbons (Fsp3) is 0.314. The highest BCUT2D eigenvalue weighted by molar-refractivity contribution is 7.21. The third kappa shape index (κ3) is 6.26. The molecule has 3 N–H and O–H groups in total. The topological polar surface area (TPSA) is 139 Å². The number of hydrogen-bond donors (Lipinski definition) is 2. The van der Waals surface area contributed by atoms with Crippen LogP contribution in [-0.4, -0.2) is 71.1 Å². The summed E-state index contributed by atoms with van der Waals surface area (Å²) >= 11 is 1.42. The first kappa shape index (κ1) is 30.7. The number of fused-ring (bicyclic) bond motifs is 2. The first-order chi connectivity index (χ1) is 22.9. The van der Waals surface area contributed by atoms with Crippen molar-refractivity contribution in [3.63, 3.8) is 0 Å². The largest absolute Gasteiger partial charge is 0.378 e. The zero-order valence-electron chi connectivity index (χ0n) is 26.5. The Hall–Kier alpha value is -4.94. The Morgan fingerprint density at radius 3 is 2.47 bits per heavy atom. The molecular formula is C35H36N8O3S. The number of nitrogen functional groups attached to an aromatic ring is 1. The van der Waals surface area contributed by atoms with Crippen molar-refractivity contribution in [3.05, 3.63) is 76.4 Å². The van der Waals surface area contributed by atoms with Crippen LogP contribution in [-0.2, 0) is 22.4 Å². The Labute approximate surface area is 276 Å². The van der Waals surface area contributed by atoms with Crippen LogP contribution >= 0.6 is 11.3 Å². The van der Waals surface area contributed by atoms with Crippen molar-refractivity contribution in [3.8, 4) is 22.5 Å². The summed E-state index contributed by atoms with van der Waals surface area (Å²) in [7, 11) is 0. The second-order valence-electron chi connectivity index (χ2n) is 11.9. The lowest BCUT2D eigenvalue weighted by Crippen LogP contribution is -2.36. The van der Waals surface area contributed by atoms with Gasteiger partial charge in [0.25, 0.3) is 5.91 Å². The van der Waals surface area contributed by atoms with Crippen molar-refractivity contribution in [2.24, 2.45) is 0 Å². The highest BCUT2D eigenvalue weighted by Gasteiger charge is 2.25. The smallest absolute Gasteiger partial charge is 0.261 e. The van der Waals surface area contributed by atoms with Gasteiger partial charge in [0.05, 0.1) is 33.9 Å². The molecule has 5 aromatic rings. The van der Waals surface area contributed by atoms with E-state index in [9.17, 15) is 9.59 Å². The zero-order chi connectivity index (χ0) is 32.5. The number of thiophene rings is 1. The Morgan fingerprint density at radius 1 is 0.979 bits per heavy atom. The number of nitrogens with zero attached hydrogens (tertiary/aromatic N) is 6. The number of ether oxygens (including phenoxy) is 1. The molecular weight excluding hydrogens is 613 g/mol. The van der Waals surface area contributed by atoms with Gasteiger partial charge in [-0.2, -0.15) is 0 Å². The van der Waals surface area contributed by atoms with Gasteiger partial charge in [-0.25, -0.2) is 19.9 Å². The summed E-state index contributed by atoms with van der Waals surface area (Å²) in [4.78, 5) is 48.2. The molecule has 0 radical (unpaired) electrons. The predicted octanol–water partition coefficient (Wildman–Crippen LogP) is 4.81. The molecule has 5 heterocycles. The Balaban J connectivity index is 1.06. The number of rotatable bonds is 7. The van der Waals surface area contributed by atoms with E-state index < -0.39 is 0 Å². The number of nitrogens with two attached hydrogens (primary N) is 1. The minimum atomic E-state index is -0.124. The molecule has 3 aromatic heterocycles. The summed E-state index contributed by atoms with van der Waals surface area (Å²) in [5.74, 6) is 1.42. The van der Waals surface area contributed by atoms with Gasteiger partial charge in [0.1, 0.15) is 0 Å². The van der Waals surface area contributed by atoms with Crippen molar-refractivity contribution in [2.45, 2.75) is 33.1 Å². The van der Waals surface area contributed by atoms with Crippen molar-refractivity contribution in [1.82, 2.24) is 25.3 Å². The Kier molecular flexibility index (Phi) is 8.52. The average Bonchev–Trinajstić information content (AvgIpc) is 3.44. The molecule has 12 heteroatoms. The third-order valence-corrected chi connectivity index (χ3v) is 10.0. The van der Waals surface area contributed by atoms with E-state index in [2.05, 4.69) is 62.6 Å². The zero-order valence-corrected chi connectivity index (χ0v) is 27.3. The van der Waals surface area contributed by atoms with Crippen LogP contribution in [0, 0.1) is 6.92 Å². The summed E-state index contributed by atoms with van der Waals surface area (Å²) in [6.45, 7) is 7.46. The normalized spacial score (nSPS) is 14.7. The number of amides is 2. The molecule has 2 amide bonds. The number of hydrogen-bond acceptors (Lipinski definition) is 10. The maximum atomic E-state index is 13.5. The van der Waals surface area contributed by atoms with E-state index in [0.717, 1.165) is 63.4 Å². The summed E-state index contributed by atoms with van der Waals surface area (Å²) in [6, 6.07) is 14.8. The fourth-order valence-electron chi connectivity index (χ4n) is 6.23. The number of carbonyl (C=O) groups is 2. The Bertz CT molecular complexity index is 1950. The molecule has 0 atom stereocenters. The van der Waals surface area contributed by atoms with Gasteiger partial charge >= 0.3 is 0 Å². The van der Waals surface area contributed by atoms with E-state index in [-0.39, 0.29) is 17.8 Å². The lowest BCUT2D eigenvalue weighted by Gasteiger charge is -2.29. The average molecular weight is 649 g/mol. The van der Waals surface area contributed by atoms with E-state index >= 15 is 0 Å². The molecule has 0 aliphatic carbocycles. The SMILES string of the molecule is CC(=O)N1CCCc2cc(-c3ccc(CCNC(=O)c4sc5c(N6CCOCC6)nc(-c6cnc(N)nc6)nc5c4C)cc3)ccc21. The van der Waals surface area contributed by atoms with Crippen molar-refractivity contribution in [1.29, 1.82) is 0 Å². The molecule has 240 valence electrons. The molecule has 0 unspecified atom stereocenters. The number of morpholine rings is 1. The van der Waals surface area contributed by atoms with Gasteiger partial charge in [0.15, 0.2) is 11.6 Å². The maximum absolute atomic E-state index is 13.5. The van der Waals surface area contributed by atoms with Crippen molar-refractivity contribution < 1.29 is 14.3 Å². The standard InChI is InChI=1S/C35H36N8O3S/c1-21-29-31(33(42-14-16-46-17-15-42)41-32(40-29)27-19-38-35(36)39-20-27)47-30(21)34(45)37-12-11-23-5-7-24(8-6-23)25-9-10-28-26(18-25)4-3-13-43(28)22(2)44/h5-10,18-20H,3-4,11-17H2,1-2H3,(H,37,45)(H2,36,38,39). The van der Waals surface area contributed by atoms with Crippen molar-refractivity contribution in [2.75, 3.05) is 54.9 Å².